The van der Waals surface area contributed by atoms with E-state index in [4.69, 9.17) is 9.72 Å². The molecular weight excluding hydrogens is 367 g/mol. The highest BCUT2D eigenvalue weighted by Crippen LogP contribution is 2.35. The summed E-state index contributed by atoms with van der Waals surface area (Å²) >= 11 is 2.13. The number of nitrogens with zero attached hydrogens (tertiary/aromatic N) is 1. The van der Waals surface area contributed by atoms with Gasteiger partial charge in [-0.25, -0.2) is 4.98 Å². The summed E-state index contributed by atoms with van der Waals surface area (Å²) in [5.41, 5.74) is 0.434. The molecule has 1 aliphatic carbocycles. The van der Waals surface area contributed by atoms with Crippen molar-refractivity contribution in [1.82, 2.24) is 9.97 Å². The van der Waals surface area contributed by atoms with Gasteiger partial charge in [-0.3, -0.25) is 4.79 Å². The fraction of sp³-hybridized carbons (Fsp3) is 0.733. The molecule has 1 aliphatic rings. The first-order valence-corrected chi connectivity index (χ1v) is 8.53. The lowest BCUT2D eigenvalue weighted by molar-refractivity contribution is -0.0394. The molecule has 1 N–H and O–H groups in total. The average Bonchev–Trinajstić information content (AvgIpc) is 2.95. The first-order valence-electron chi connectivity index (χ1n) is 7.46. The van der Waals surface area contributed by atoms with Gasteiger partial charge in [-0.15, -0.1) is 0 Å². The number of aromatic amines is 1. The molecule has 112 valence electrons. The average molecular weight is 390 g/mol. The van der Waals surface area contributed by atoms with Crippen molar-refractivity contribution >= 4 is 22.6 Å². The third kappa shape index (κ3) is 3.08. The summed E-state index contributed by atoms with van der Waals surface area (Å²) in [6.07, 6.45) is 5.54. The van der Waals surface area contributed by atoms with Crippen molar-refractivity contribution < 1.29 is 4.74 Å². The number of hydrogen-bond acceptors (Lipinski definition) is 3. The Labute approximate surface area is 133 Å². The maximum atomic E-state index is 12.2. The number of aromatic nitrogens is 2. The summed E-state index contributed by atoms with van der Waals surface area (Å²) in [6, 6.07) is 0. The summed E-state index contributed by atoms with van der Waals surface area (Å²) in [6.45, 7) is 6.64. The predicted octanol–water partition coefficient (Wildman–Crippen LogP) is 3.69. The van der Waals surface area contributed by atoms with Gasteiger partial charge in [-0.2, -0.15) is 0 Å². The molecule has 0 aliphatic heterocycles. The molecule has 1 fully saturated rings. The zero-order valence-corrected chi connectivity index (χ0v) is 14.6. The molecule has 0 bridgehead atoms. The van der Waals surface area contributed by atoms with Gasteiger partial charge in [0.05, 0.1) is 9.26 Å². The lowest BCUT2D eigenvalue weighted by Crippen LogP contribution is -2.32. The van der Waals surface area contributed by atoms with Crippen molar-refractivity contribution in [3.05, 3.63) is 25.4 Å². The second-order valence-electron chi connectivity index (χ2n) is 5.61. The zero-order chi connectivity index (χ0) is 14.8. The van der Waals surface area contributed by atoms with E-state index in [9.17, 15) is 4.79 Å². The summed E-state index contributed by atoms with van der Waals surface area (Å²) in [5, 5.41) is 0. The highest BCUT2D eigenvalue weighted by atomic mass is 127. The van der Waals surface area contributed by atoms with Gasteiger partial charge in [0, 0.05) is 12.5 Å². The molecule has 1 aromatic heterocycles. The Kier molecular flexibility index (Phi) is 5.23. The second kappa shape index (κ2) is 6.56. The van der Waals surface area contributed by atoms with Crippen molar-refractivity contribution in [2.24, 2.45) is 0 Å². The van der Waals surface area contributed by atoms with E-state index in [-0.39, 0.29) is 5.56 Å². The first kappa shape index (κ1) is 15.9. The third-order valence-corrected chi connectivity index (χ3v) is 5.31. The standard InChI is InChI=1S/C15H23IN2O2/c1-4-15(3,20-5-2)14-17-12(10-8-6-7-9-10)11(16)13(19)18-14/h10H,4-9H2,1-3H3,(H,17,18,19). The Morgan fingerprint density at radius 1 is 1.40 bits per heavy atom. The molecular formula is C15H23IN2O2. The minimum absolute atomic E-state index is 0.0307. The molecule has 0 radical (unpaired) electrons. The van der Waals surface area contributed by atoms with Crippen molar-refractivity contribution in [3.63, 3.8) is 0 Å². The normalized spacial score (nSPS) is 19.2. The summed E-state index contributed by atoms with van der Waals surface area (Å²) in [4.78, 5) is 19.9. The van der Waals surface area contributed by atoms with Gasteiger partial charge in [-0.05, 0) is 55.7 Å². The topological polar surface area (TPSA) is 55.0 Å². The van der Waals surface area contributed by atoms with E-state index in [1.807, 2.05) is 13.8 Å². The molecule has 1 aromatic rings. The number of rotatable bonds is 5. The molecule has 0 saturated heterocycles. The van der Waals surface area contributed by atoms with Crippen molar-refractivity contribution in [3.8, 4) is 0 Å². The van der Waals surface area contributed by atoms with E-state index in [2.05, 4.69) is 34.5 Å². The van der Waals surface area contributed by atoms with Crippen LogP contribution >= 0.6 is 22.6 Å². The van der Waals surface area contributed by atoms with E-state index < -0.39 is 5.60 Å². The van der Waals surface area contributed by atoms with Crippen LogP contribution < -0.4 is 5.56 Å². The van der Waals surface area contributed by atoms with Gasteiger partial charge in [0.2, 0.25) is 0 Å². The summed E-state index contributed by atoms with van der Waals surface area (Å²) in [7, 11) is 0. The minimum atomic E-state index is -0.508. The van der Waals surface area contributed by atoms with Crippen LogP contribution in [0.4, 0.5) is 0 Å². The van der Waals surface area contributed by atoms with Crippen LogP contribution in [-0.4, -0.2) is 16.6 Å². The fourth-order valence-electron chi connectivity index (χ4n) is 2.85. The van der Waals surface area contributed by atoms with Gasteiger partial charge in [0.25, 0.3) is 5.56 Å². The number of H-pyrrole nitrogens is 1. The molecule has 20 heavy (non-hydrogen) atoms. The van der Waals surface area contributed by atoms with Gasteiger partial charge >= 0.3 is 0 Å². The number of nitrogens with one attached hydrogen (secondary N) is 1. The van der Waals surface area contributed by atoms with Crippen LogP contribution in [0.15, 0.2) is 4.79 Å². The number of hydrogen-bond donors (Lipinski definition) is 1. The van der Waals surface area contributed by atoms with Gasteiger partial charge in [-0.1, -0.05) is 19.8 Å². The molecule has 1 heterocycles. The second-order valence-corrected chi connectivity index (χ2v) is 6.69. The Bertz CT molecular complexity index is 523. The molecule has 1 atom stereocenters. The molecule has 0 aromatic carbocycles. The Balaban J connectivity index is 2.47. The molecule has 1 saturated carbocycles. The molecule has 0 spiro atoms. The molecule has 4 nitrogen and oxygen atoms in total. The highest BCUT2D eigenvalue weighted by molar-refractivity contribution is 14.1. The van der Waals surface area contributed by atoms with Crippen LogP contribution in [0.3, 0.4) is 0 Å². The van der Waals surface area contributed by atoms with Crippen LogP contribution in [0.25, 0.3) is 0 Å². The van der Waals surface area contributed by atoms with Crippen LogP contribution in [0.2, 0.25) is 0 Å². The van der Waals surface area contributed by atoms with E-state index in [0.717, 1.165) is 28.5 Å². The Morgan fingerprint density at radius 3 is 2.60 bits per heavy atom. The number of halogens is 1. The van der Waals surface area contributed by atoms with Crippen LogP contribution in [0.1, 0.15) is 70.3 Å². The predicted molar refractivity (Wildman–Crippen MR) is 88.1 cm³/mol. The Morgan fingerprint density at radius 2 is 2.05 bits per heavy atom. The SMILES string of the molecule is CCOC(C)(CC)c1nc(C2CCCC2)c(I)c(=O)[nH]1. The maximum absolute atomic E-state index is 12.2. The summed E-state index contributed by atoms with van der Waals surface area (Å²) in [5.74, 6) is 1.11. The maximum Gasteiger partial charge on any atom is 0.264 e. The lowest BCUT2D eigenvalue weighted by Gasteiger charge is -2.28. The molecule has 2 rings (SSSR count). The monoisotopic (exact) mass is 390 g/mol. The quantitative estimate of drug-likeness (QED) is 0.781. The van der Waals surface area contributed by atoms with Gasteiger partial charge in [0.1, 0.15) is 11.4 Å². The van der Waals surface area contributed by atoms with Crippen LogP contribution in [0.5, 0.6) is 0 Å². The van der Waals surface area contributed by atoms with Crippen LogP contribution in [0, 0.1) is 3.57 Å². The van der Waals surface area contributed by atoms with E-state index in [1.54, 1.807) is 0 Å². The zero-order valence-electron chi connectivity index (χ0n) is 12.5. The van der Waals surface area contributed by atoms with Crippen molar-refractivity contribution in [1.29, 1.82) is 0 Å². The third-order valence-electron chi connectivity index (χ3n) is 4.27. The van der Waals surface area contributed by atoms with E-state index >= 15 is 0 Å². The molecule has 0 amide bonds. The lowest BCUT2D eigenvalue weighted by atomic mass is 10.00. The van der Waals surface area contributed by atoms with E-state index in [1.165, 1.54) is 12.8 Å². The molecule has 5 heteroatoms. The number of ether oxygens (including phenoxy) is 1. The smallest absolute Gasteiger partial charge is 0.264 e. The van der Waals surface area contributed by atoms with Crippen LogP contribution in [-0.2, 0) is 10.3 Å². The fourth-order valence-corrected chi connectivity index (χ4v) is 3.55. The van der Waals surface area contributed by atoms with E-state index in [0.29, 0.717) is 18.3 Å². The largest absolute Gasteiger partial charge is 0.368 e. The van der Waals surface area contributed by atoms with Gasteiger partial charge in [0.15, 0.2) is 0 Å². The molecule has 1 unspecified atom stereocenters. The first-order chi connectivity index (χ1) is 9.51. The Hall–Kier alpha value is -0.430. The van der Waals surface area contributed by atoms with Crippen molar-refractivity contribution in [2.75, 3.05) is 6.61 Å². The minimum Gasteiger partial charge on any atom is -0.368 e. The highest BCUT2D eigenvalue weighted by Gasteiger charge is 2.31. The summed E-state index contributed by atoms with van der Waals surface area (Å²) < 4.78 is 6.59. The van der Waals surface area contributed by atoms with Crippen molar-refractivity contribution in [2.45, 2.75) is 64.4 Å². The van der Waals surface area contributed by atoms with Gasteiger partial charge < -0.3 is 9.72 Å².